The predicted molar refractivity (Wildman–Crippen MR) is 75.4 cm³/mol. The van der Waals surface area contributed by atoms with E-state index in [1.54, 1.807) is 6.07 Å². The molecule has 0 spiro atoms. The zero-order valence-corrected chi connectivity index (χ0v) is 10.5. The van der Waals surface area contributed by atoms with Crippen molar-refractivity contribution < 1.29 is 4.92 Å². The summed E-state index contributed by atoms with van der Waals surface area (Å²) in [6.07, 6.45) is 0. The first-order valence-electron chi connectivity index (χ1n) is 5.68. The number of benzene rings is 2. The molecule has 0 unspecified atom stereocenters. The van der Waals surface area contributed by atoms with Crippen LogP contribution in [-0.2, 0) is 0 Å². The molecule has 1 heterocycles. The maximum absolute atomic E-state index is 10.8. The van der Waals surface area contributed by atoms with Crippen molar-refractivity contribution >= 4 is 28.2 Å². The van der Waals surface area contributed by atoms with E-state index in [9.17, 15) is 10.1 Å². The second kappa shape index (κ2) is 4.40. The highest BCUT2D eigenvalue weighted by molar-refractivity contribution is 6.38. The Balaban J connectivity index is 2.24. The molecule has 0 aliphatic carbocycles. The van der Waals surface area contributed by atoms with Crippen LogP contribution in [0, 0.1) is 10.1 Å². The highest BCUT2D eigenvalue weighted by Gasteiger charge is 2.14. The van der Waals surface area contributed by atoms with Crippen molar-refractivity contribution in [1.82, 2.24) is 4.98 Å². The molecule has 0 bridgehead atoms. The lowest BCUT2D eigenvalue weighted by molar-refractivity contribution is -0.384. The number of nitrogens with zero attached hydrogens (tertiary/aromatic N) is 1. The molecule has 4 nitrogen and oxygen atoms in total. The molecule has 0 amide bonds. The Morgan fingerprint density at radius 1 is 1.11 bits per heavy atom. The lowest BCUT2D eigenvalue weighted by Gasteiger charge is -1.97. The van der Waals surface area contributed by atoms with Gasteiger partial charge in [-0.15, -0.1) is 0 Å². The number of aromatic nitrogens is 1. The van der Waals surface area contributed by atoms with Crippen LogP contribution in [0.4, 0.5) is 5.69 Å². The second-order valence-electron chi connectivity index (χ2n) is 4.17. The number of hydrogen-bond acceptors (Lipinski definition) is 2. The number of nitrogens with one attached hydrogen (secondary N) is 1. The smallest absolute Gasteiger partial charge is 0.270 e. The van der Waals surface area contributed by atoms with Crippen molar-refractivity contribution in [2.75, 3.05) is 0 Å². The fourth-order valence-electron chi connectivity index (χ4n) is 2.06. The van der Waals surface area contributed by atoms with Crippen molar-refractivity contribution in [3.05, 3.63) is 63.7 Å². The van der Waals surface area contributed by atoms with Gasteiger partial charge in [-0.05, 0) is 11.6 Å². The van der Waals surface area contributed by atoms with E-state index in [-0.39, 0.29) is 5.69 Å². The largest absolute Gasteiger partial charge is 0.353 e. The maximum Gasteiger partial charge on any atom is 0.270 e. The molecule has 3 aromatic rings. The Morgan fingerprint density at radius 2 is 1.84 bits per heavy atom. The van der Waals surface area contributed by atoms with Gasteiger partial charge in [-0.3, -0.25) is 10.1 Å². The number of hydrogen-bond donors (Lipinski definition) is 1. The number of halogens is 1. The Bertz CT molecular complexity index is 766. The molecule has 0 aliphatic heterocycles. The topological polar surface area (TPSA) is 58.9 Å². The Kier molecular flexibility index (Phi) is 2.72. The molecule has 3 rings (SSSR count). The fourth-order valence-corrected chi connectivity index (χ4v) is 2.38. The van der Waals surface area contributed by atoms with E-state index in [0.717, 1.165) is 16.8 Å². The number of aromatic amines is 1. The van der Waals surface area contributed by atoms with E-state index in [0.29, 0.717) is 10.4 Å². The van der Waals surface area contributed by atoms with Gasteiger partial charge < -0.3 is 4.98 Å². The van der Waals surface area contributed by atoms with Crippen LogP contribution in [-0.4, -0.2) is 9.91 Å². The van der Waals surface area contributed by atoms with E-state index in [1.165, 1.54) is 12.1 Å². The van der Waals surface area contributed by atoms with Crippen LogP contribution in [0.3, 0.4) is 0 Å². The first kappa shape index (κ1) is 11.7. The molecule has 94 valence electrons. The van der Waals surface area contributed by atoms with Gasteiger partial charge in [-0.25, -0.2) is 0 Å². The van der Waals surface area contributed by atoms with E-state index in [1.807, 2.05) is 30.3 Å². The molecule has 0 atom stereocenters. The van der Waals surface area contributed by atoms with Gasteiger partial charge in [0, 0.05) is 23.0 Å². The van der Waals surface area contributed by atoms with Gasteiger partial charge in [0.25, 0.3) is 5.69 Å². The van der Waals surface area contributed by atoms with Crippen molar-refractivity contribution in [3.63, 3.8) is 0 Å². The minimum atomic E-state index is -0.426. The Labute approximate surface area is 113 Å². The molecule has 0 fully saturated rings. The molecule has 19 heavy (non-hydrogen) atoms. The van der Waals surface area contributed by atoms with Crippen LogP contribution in [0.2, 0.25) is 5.02 Å². The molecule has 5 heteroatoms. The van der Waals surface area contributed by atoms with Crippen LogP contribution in [0.1, 0.15) is 0 Å². The lowest BCUT2D eigenvalue weighted by Crippen LogP contribution is -1.86. The molecule has 1 aromatic heterocycles. The Hall–Kier alpha value is -2.33. The van der Waals surface area contributed by atoms with Gasteiger partial charge in [0.05, 0.1) is 15.6 Å². The van der Waals surface area contributed by atoms with Crippen molar-refractivity contribution in [2.45, 2.75) is 0 Å². The van der Waals surface area contributed by atoms with Crippen LogP contribution < -0.4 is 0 Å². The summed E-state index contributed by atoms with van der Waals surface area (Å²) in [6, 6.07) is 14.2. The standard InChI is InChI=1S/C14H9ClN2O2/c15-13-11-8-10(17(18)19)6-7-12(11)16-14(13)9-4-2-1-3-5-9/h1-8,16H. The SMILES string of the molecule is O=[N+]([O-])c1ccc2[nH]c(-c3ccccc3)c(Cl)c2c1. The minimum absolute atomic E-state index is 0.0352. The summed E-state index contributed by atoms with van der Waals surface area (Å²) in [4.78, 5) is 13.6. The second-order valence-corrected chi connectivity index (χ2v) is 4.54. The zero-order valence-electron chi connectivity index (χ0n) is 9.76. The monoisotopic (exact) mass is 272 g/mol. The number of fused-ring (bicyclic) bond motifs is 1. The molecule has 0 aliphatic rings. The maximum atomic E-state index is 10.8. The first-order chi connectivity index (χ1) is 9.16. The van der Waals surface area contributed by atoms with Crippen LogP contribution in [0.25, 0.3) is 22.2 Å². The molecule has 1 N–H and O–H groups in total. The van der Waals surface area contributed by atoms with E-state index >= 15 is 0 Å². The Morgan fingerprint density at radius 3 is 2.53 bits per heavy atom. The third-order valence-electron chi connectivity index (χ3n) is 2.99. The summed E-state index contributed by atoms with van der Waals surface area (Å²) in [7, 11) is 0. The van der Waals surface area contributed by atoms with Crippen LogP contribution in [0.15, 0.2) is 48.5 Å². The summed E-state index contributed by atoms with van der Waals surface area (Å²) < 4.78 is 0. The van der Waals surface area contributed by atoms with Crippen LogP contribution in [0.5, 0.6) is 0 Å². The number of nitro benzene ring substituents is 1. The minimum Gasteiger partial charge on any atom is -0.353 e. The summed E-state index contributed by atoms with van der Waals surface area (Å²) in [5.74, 6) is 0. The molecule has 0 saturated heterocycles. The molecule has 0 radical (unpaired) electrons. The third-order valence-corrected chi connectivity index (χ3v) is 3.38. The number of non-ortho nitro benzene ring substituents is 1. The normalized spacial score (nSPS) is 10.8. The predicted octanol–water partition coefficient (Wildman–Crippen LogP) is 4.40. The van der Waals surface area contributed by atoms with Gasteiger partial charge in [-0.2, -0.15) is 0 Å². The van der Waals surface area contributed by atoms with Crippen molar-refractivity contribution in [1.29, 1.82) is 0 Å². The van der Waals surface area contributed by atoms with E-state index < -0.39 is 4.92 Å². The summed E-state index contributed by atoms with van der Waals surface area (Å²) in [5.41, 5.74) is 2.55. The van der Waals surface area contributed by atoms with E-state index in [4.69, 9.17) is 11.6 Å². The average molecular weight is 273 g/mol. The number of H-pyrrole nitrogens is 1. The number of nitro groups is 1. The highest BCUT2D eigenvalue weighted by atomic mass is 35.5. The molecule has 0 saturated carbocycles. The van der Waals surface area contributed by atoms with Gasteiger partial charge >= 0.3 is 0 Å². The first-order valence-corrected chi connectivity index (χ1v) is 6.05. The molecular weight excluding hydrogens is 264 g/mol. The van der Waals surface area contributed by atoms with Crippen molar-refractivity contribution in [3.8, 4) is 11.3 Å². The third kappa shape index (κ3) is 1.96. The summed E-state index contributed by atoms with van der Waals surface area (Å²) >= 11 is 6.31. The lowest BCUT2D eigenvalue weighted by atomic mass is 10.1. The fraction of sp³-hybridized carbons (Fsp3) is 0. The van der Waals surface area contributed by atoms with Gasteiger partial charge in [0.1, 0.15) is 0 Å². The number of rotatable bonds is 2. The van der Waals surface area contributed by atoms with Gasteiger partial charge in [0.2, 0.25) is 0 Å². The highest BCUT2D eigenvalue weighted by Crippen LogP contribution is 2.35. The summed E-state index contributed by atoms with van der Waals surface area (Å²) in [6.45, 7) is 0. The molecular formula is C14H9ClN2O2. The summed E-state index contributed by atoms with van der Waals surface area (Å²) in [5, 5.41) is 12.0. The quantitative estimate of drug-likeness (QED) is 0.555. The van der Waals surface area contributed by atoms with Crippen molar-refractivity contribution in [2.24, 2.45) is 0 Å². The van der Waals surface area contributed by atoms with Gasteiger partial charge in [-0.1, -0.05) is 41.9 Å². The zero-order chi connectivity index (χ0) is 13.4. The van der Waals surface area contributed by atoms with Gasteiger partial charge in [0.15, 0.2) is 0 Å². The molecule has 2 aromatic carbocycles. The van der Waals surface area contributed by atoms with E-state index in [2.05, 4.69) is 4.98 Å². The van der Waals surface area contributed by atoms with Crippen LogP contribution >= 0.6 is 11.6 Å². The average Bonchev–Trinajstić information content (AvgIpc) is 2.77.